The summed E-state index contributed by atoms with van der Waals surface area (Å²) < 4.78 is 5.32. The van der Waals surface area contributed by atoms with E-state index in [1.54, 1.807) is 20.8 Å². The minimum atomic E-state index is -1.28. The molecule has 4 amide bonds. The molecule has 2 rings (SSSR count). The topological polar surface area (TPSA) is 131 Å². The number of primary amides is 1. The number of amides is 4. The van der Waals surface area contributed by atoms with Crippen LogP contribution in [0.3, 0.4) is 0 Å². The highest BCUT2D eigenvalue weighted by molar-refractivity contribution is 5.95. The molecule has 0 aliphatic heterocycles. The smallest absolute Gasteiger partial charge is 0.408 e. The largest absolute Gasteiger partial charge is 0.444 e. The molecule has 9 nitrogen and oxygen atoms in total. The molecule has 0 radical (unpaired) electrons. The first-order chi connectivity index (χ1) is 16.4. The fourth-order valence-corrected chi connectivity index (χ4v) is 4.19. The zero-order valence-corrected chi connectivity index (χ0v) is 23.0. The Hall–Kier alpha value is -3.10. The Balaban J connectivity index is 2.57. The summed E-state index contributed by atoms with van der Waals surface area (Å²) in [5.74, 6) is -1.49. The van der Waals surface area contributed by atoms with Gasteiger partial charge in [0, 0.05) is 11.6 Å². The van der Waals surface area contributed by atoms with Gasteiger partial charge in [0.2, 0.25) is 17.7 Å². The third kappa shape index (κ3) is 8.24. The Kier molecular flexibility index (Phi) is 8.81. The highest BCUT2D eigenvalue weighted by atomic mass is 16.6. The van der Waals surface area contributed by atoms with Crippen LogP contribution in [0.4, 0.5) is 4.79 Å². The Morgan fingerprint density at radius 2 is 1.69 bits per heavy atom. The maximum atomic E-state index is 14.0. The first kappa shape index (κ1) is 29.1. The number of carbonyl (C=O) groups is 4. The fraction of sp³-hybridized carbons (Fsp3) is 0.630. The van der Waals surface area contributed by atoms with E-state index in [-0.39, 0.29) is 17.9 Å². The van der Waals surface area contributed by atoms with Crippen molar-refractivity contribution in [1.29, 1.82) is 0 Å². The van der Waals surface area contributed by atoms with Gasteiger partial charge < -0.3 is 26.0 Å². The molecule has 0 spiro atoms. The van der Waals surface area contributed by atoms with E-state index in [0.29, 0.717) is 12.0 Å². The van der Waals surface area contributed by atoms with Crippen LogP contribution < -0.4 is 16.4 Å². The van der Waals surface area contributed by atoms with Crippen molar-refractivity contribution in [2.75, 3.05) is 0 Å². The van der Waals surface area contributed by atoms with Crippen molar-refractivity contribution in [2.24, 2.45) is 11.7 Å². The molecule has 0 saturated heterocycles. The third-order valence-electron chi connectivity index (χ3n) is 5.82. The first-order valence-corrected chi connectivity index (χ1v) is 12.4. The summed E-state index contributed by atoms with van der Waals surface area (Å²) in [6.07, 6.45) is -0.560. The van der Waals surface area contributed by atoms with Crippen LogP contribution in [-0.2, 0) is 19.1 Å². The summed E-state index contributed by atoms with van der Waals surface area (Å²) in [7, 11) is 0. The zero-order chi connectivity index (χ0) is 27.6. The van der Waals surface area contributed by atoms with Crippen molar-refractivity contribution in [2.45, 2.75) is 104 Å². The first-order valence-electron chi connectivity index (χ1n) is 12.4. The standard InChI is InChI=1S/C27H42N4O5/c1-15-10-11-18(16(2)12-15)22(23(33)30-26(4,5)6)31(20-13-17(20)3)24(34)19(14-21(28)32)29-25(35)36-27(7,8)9/h10-12,17,19-20,22H,13-14H2,1-9H3,(H2,28,32)(H,29,35)(H,30,33). The zero-order valence-electron chi connectivity index (χ0n) is 23.0. The van der Waals surface area contributed by atoms with Gasteiger partial charge >= 0.3 is 6.09 Å². The molecule has 1 aliphatic carbocycles. The van der Waals surface area contributed by atoms with Gasteiger partial charge in [-0.3, -0.25) is 14.4 Å². The molecular weight excluding hydrogens is 460 g/mol. The second kappa shape index (κ2) is 10.9. The number of nitrogens with one attached hydrogen (secondary N) is 2. The monoisotopic (exact) mass is 502 g/mol. The average Bonchev–Trinajstić information content (AvgIpc) is 3.38. The number of alkyl carbamates (subject to hydrolysis) is 1. The summed E-state index contributed by atoms with van der Waals surface area (Å²) in [5.41, 5.74) is 6.68. The number of benzene rings is 1. The Morgan fingerprint density at radius 1 is 1.11 bits per heavy atom. The molecule has 0 aromatic heterocycles. The maximum absolute atomic E-state index is 14.0. The fourth-order valence-electron chi connectivity index (χ4n) is 4.19. The van der Waals surface area contributed by atoms with E-state index in [1.165, 1.54) is 4.90 Å². The number of nitrogens with two attached hydrogens (primary N) is 1. The number of ether oxygens (including phenoxy) is 1. The van der Waals surface area contributed by atoms with Crippen LogP contribution in [0.1, 0.15) is 84.0 Å². The molecule has 9 heteroatoms. The van der Waals surface area contributed by atoms with Crippen LogP contribution in [0, 0.1) is 19.8 Å². The minimum Gasteiger partial charge on any atom is -0.444 e. The van der Waals surface area contributed by atoms with Crippen LogP contribution in [0.15, 0.2) is 18.2 Å². The third-order valence-corrected chi connectivity index (χ3v) is 5.82. The molecule has 1 aromatic rings. The van der Waals surface area contributed by atoms with Crippen molar-refractivity contribution < 1.29 is 23.9 Å². The molecule has 0 bridgehead atoms. The van der Waals surface area contributed by atoms with E-state index in [9.17, 15) is 19.2 Å². The molecule has 1 fully saturated rings. The van der Waals surface area contributed by atoms with Crippen molar-refractivity contribution >= 4 is 23.8 Å². The quantitative estimate of drug-likeness (QED) is 0.502. The van der Waals surface area contributed by atoms with Gasteiger partial charge in [-0.15, -0.1) is 0 Å². The molecule has 200 valence electrons. The maximum Gasteiger partial charge on any atom is 0.408 e. The molecule has 36 heavy (non-hydrogen) atoms. The van der Waals surface area contributed by atoms with Crippen LogP contribution in [0.25, 0.3) is 0 Å². The van der Waals surface area contributed by atoms with Crippen molar-refractivity contribution in [3.8, 4) is 0 Å². The van der Waals surface area contributed by atoms with Crippen molar-refractivity contribution in [1.82, 2.24) is 15.5 Å². The molecule has 4 N–H and O–H groups in total. The van der Waals surface area contributed by atoms with Gasteiger partial charge in [0.05, 0.1) is 6.42 Å². The van der Waals surface area contributed by atoms with Crippen molar-refractivity contribution in [3.05, 3.63) is 34.9 Å². The number of aryl methyl sites for hydroxylation is 2. The number of nitrogens with zero attached hydrogens (tertiary/aromatic N) is 1. The number of hydrogen-bond acceptors (Lipinski definition) is 5. The van der Waals surface area contributed by atoms with Gasteiger partial charge in [0.15, 0.2) is 0 Å². The summed E-state index contributed by atoms with van der Waals surface area (Å²) in [6, 6.07) is 3.26. The van der Waals surface area contributed by atoms with Gasteiger partial charge in [-0.25, -0.2) is 4.79 Å². The average molecular weight is 503 g/mol. The molecule has 1 aliphatic rings. The highest BCUT2D eigenvalue weighted by Gasteiger charge is 2.49. The predicted molar refractivity (Wildman–Crippen MR) is 138 cm³/mol. The lowest BCUT2D eigenvalue weighted by Crippen LogP contribution is -2.56. The molecule has 4 atom stereocenters. The summed E-state index contributed by atoms with van der Waals surface area (Å²) >= 11 is 0. The van der Waals surface area contributed by atoms with E-state index in [0.717, 1.165) is 11.1 Å². The number of carbonyl (C=O) groups excluding carboxylic acids is 4. The second-order valence-electron chi connectivity index (χ2n) is 11.9. The molecule has 4 unspecified atom stereocenters. The normalized spacial score (nSPS) is 19.0. The Labute approximate surface area is 214 Å². The van der Waals surface area contributed by atoms with Crippen LogP contribution in [-0.4, -0.2) is 51.9 Å². The van der Waals surface area contributed by atoms with Gasteiger partial charge in [-0.2, -0.15) is 0 Å². The highest BCUT2D eigenvalue weighted by Crippen LogP contribution is 2.41. The molecule has 1 aromatic carbocycles. The molecule has 0 heterocycles. The van der Waals surface area contributed by atoms with Gasteiger partial charge in [-0.05, 0) is 78.9 Å². The van der Waals surface area contributed by atoms with Gasteiger partial charge in [0.1, 0.15) is 17.7 Å². The van der Waals surface area contributed by atoms with Crippen LogP contribution >= 0.6 is 0 Å². The number of hydrogen-bond donors (Lipinski definition) is 3. The lowest BCUT2D eigenvalue weighted by molar-refractivity contribution is -0.144. The number of rotatable bonds is 8. The van der Waals surface area contributed by atoms with E-state index < -0.39 is 47.6 Å². The summed E-state index contributed by atoms with van der Waals surface area (Å²) in [6.45, 7) is 16.6. The second-order valence-corrected chi connectivity index (χ2v) is 11.9. The lowest BCUT2D eigenvalue weighted by Gasteiger charge is -2.37. The molecular formula is C27H42N4O5. The summed E-state index contributed by atoms with van der Waals surface area (Å²) in [4.78, 5) is 53.7. The summed E-state index contributed by atoms with van der Waals surface area (Å²) in [5, 5.41) is 5.52. The van der Waals surface area contributed by atoms with Gasteiger partial charge in [-0.1, -0.05) is 30.7 Å². The Bertz CT molecular complexity index is 1010. The van der Waals surface area contributed by atoms with E-state index >= 15 is 0 Å². The van der Waals surface area contributed by atoms with Crippen molar-refractivity contribution in [3.63, 3.8) is 0 Å². The predicted octanol–water partition coefficient (Wildman–Crippen LogP) is 3.26. The lowest BCUT2D eigenvalue weighted by atomic mass is 9.95. The molecule has 1 saturated carbocycles. The van der Waals surface area contributed by atoms with Gasteiger partial charge in [0.25, 0.3) is 0 Å². The SMILES string of the molecule is Cc1ccc(C(C(=O)NC(C)(C)C)N(C(=O)C(CC(N)=O)NC(=O)OC(C)(C)C)C2CC2C)c(C)c1. The van der Waals surface area contributed by atoms with E-state index in [2.05, 4.69) is 10.6 Å². The van der Waals surface area contributed by atoms with Crippen LogP contribution in [0.5, 0.6) is 0 Å². The van der Waals surface area contributed by atoms with E-state index in [4.69, 9.17) is 10.5 Å². The van der Waals surface area contributed by atoms with E-state index in [1.807, 2.05) is 59.7 Å². The van der Waals surface area contributed by atoms with Crippen LogP contribution in [0.2, 0.25) is 0 Å². The Morgan fingerprint density at radius 3 is 2.14 bits per heavy atom. The minimum absolute atomic E-state index is 0.153.